The molecule has 25 heavy (non-hydrogen) atoms. The van der Waals surface area contributed by atoms with Crippen molar-refractivity contribution in [2.24, 2.45) is 5.73 Å². The second-order valence-electron chi connectivity index (χ2n) is 4.97. The number of rotatable bonds is 4. The van der Waals surface area contributed by atoms with Crippen LogP contribution < -0.4 is 16.5 Å². The minimum Gasteiger partial charge on any atom is -0.349 e. The summed E-state index contributed by atoms with van der Waals surface area (Å²) in [6.07, 6.45) is -4.60. The number of para-hydroxylation sites is 1. The van der Waals surface area contributed by atoms with E-state index < -0.39 is 28.8 Å². The van der Waals surface area contributed by atoms with Crippen LogP contribution in [0.3, 0.4) is 0 Å². The lowest BCUT2D eigenvalue weighted by Gasteiger charge is -2.16. The maximum Gasteiger partial charge on any atom is 0.418 e. The van der Waals surface area contributed by atoms with Gasteiger partial charge in [0.15, 0.2) is 5.69 Å². The van der Waals surface area contributed by atoms with E-state index in [-0.39, 0.29) is 36.9 Å². The molecule has 10 heteroatoms. The maximum absolute atomic E-state index is 13.2. The average Bonchev–Trinajstić information content (AvgIpc) is 2.52. The van der Waals surface area contributed by atoms with Crippen LogP contribution in [0.15, 0.2) is 35.1 Å². The van der Waals surface area contributed by atoms with Crippen LogP contribution in [-0.2, 0) is 6.18 Å². The van der Waals surface area contributed by atoms with Crippen molar-refractivity contribution in [1.29, 1.82) is 0 Å². The number of aromatic nitrogens is 2. The fourth-order valence-electron chi connectivity index (χ4n) is 2.12. The van der Waals surface area contributed by atoms with Crippen LogP contribution in [0.4, 0.5) is 13.2 Å². The van der Waals surface area contributed by atoms with Crippen molar-refractivity contribution >= 4 is 18.3 Å². The van der Waals surface area contributed by atoms with E-state index in [1.54, 1.807) is 0 Å². The van der Waals surface area contributed by atoms with Gasteiger partial charge in [-0.15, -0.1) is 12.4 Å². The lowest BCUT2D eigenvalue weighted by atomic mass is 10.1. The third-order valence-electron chi connectivity index (χ3n) is 3.19. The van der Waals surface area contributed by atoms with E-state index in [0.29, 0.717) is 0 Å². The summed E-state index contributed by atoms with van der Waals surface area (Å²) in [4.78, 5) is 23.9. The van der Waals surface area contributed by atoms with Gasteiger partial charge in [0.1, 0.15) is 0 Å². The number of carbonyl (C=O) groups excluding carboxylic acids is 1. The predicted molar refractivity (Wildman–Crippen MR) is 88.2 cm³/mol. The number of alkyl halides is 3. The number of hydrogen-bond acceptors (Lipinski definition) is 4. The molecule has 6 nitrogen and oxygen atoms in total. The van der Waals surface area contributed by atoms with Crippen molar-refractivity contribution in [1.82, 2.24) is 15.1 Å². The predicted octanol–water partition coefficient (Wildman–Crippen LogP) is 1.67. The van der Waals surface area contributed by atoms with Crippen molar-refractivity contribution in [3.8, 4) is 5.69 Å². The average molecular weight is 377 g/mol. The van der Waals surface area contributed by atoms with Gasteiger partial charge < -0.3 is 11.1 Å². The fourth-order valence-corrected chi connectivity index (χ4v) is 2.12. The second-order valence-corrected chi connectivity index (χ2v) is 4.97. The first-order valence-electron chi connectivity index (χ1n) is 7.01. The molecule has 0 saturated carbocycles. The Hall–Kier alpha value is -2.39. The molecule has 2 aromatic rings. The number of halogens is 4. The molecule has 0 radical (unpaired) electrons. The number of aryl methyl sites for hydroxylation is 1. The van der Waals surface area contributed by atoms with Gasteiger partial charge in [-0.1, -0.05) is 12.1 Å². The number of benzene rings is 1. The van der Waals surface area contributed by atoms with Crippen molar-refractivity contribution in [3.05, 3.63) is 57.5 Å². The highest BCUT2D eigenvalue weighted by atomic mass is 35.5. The summed E-state index contributed by atoms with van der Waals surface area (Å²) < 4.78 is 40.5. The molecular formula is C15H16ClF3N4O2. The Kier molecular flexibility index (Phi) is 6.71. The number of nitrogens with one attached hydrogen (secondary N) is 1. The number of nitrogens with two attached hydrogens (primary N) is 1. The Morgan fingerprint density at radius 3 is 2.56 bits per heavy atom. The third-order valence-corrected chi connectivity index (χ3v) is 3.19. The summed E-state index contributed by atoms with van der Waals surface area (Å²) in [5.41, 5.74) is 3.08. The van der Waals surface area contributed by atoms with Crippen LogP contribution in [0.25, 0.3) is 5.69 Å². The highest BCUT2D eigenvalue weighted by Gasteiger charge is 2.34. The van der Waals surface area contributed by atoms with E-state index in [4.69, 9.17) is 5.73 Å². The van der Waals surface area contributed by atoms with Gasteiger partial charge in [-0.3, -0.25) is 9.59 Å². The van der Waals surface area contributed by atoms with Gasteiger partial charge in [0, 0.05) is 24.8 Å². The lowest BCUT2D eigenvalue weighted by molar-refractivity contribution is -0.137. The van der Waals surface area contributed by atoms with E-state index in [1.165, 1.54) is 25.1 Å². The molecule has 0 aliphatic heterocycles. The molecule has 0 aliphatic carbocycles. The molecule has 1 amide bonds. The number of hydrogen-bond donors (Lipinski definition) is 2. The molecule has 1 aromatic carbocycles. The molecule has 0 unspecified atom stereocenters. The summed E-state index contributed by atoms with van der Waals surface area (Å²) in [6.45, 7) is 1.71. The molecule has 0 bridgehead atoms. The van der Waals surface area contributed by atoms with Crippen molar-refractivity contribution in [2.75, 3.05) is 13.1 Å². The van der Waals surface area contributed by atoms with Gasteiger partial charge in [0.2, 0.25) is 5.43 Å². The molecule has 0 aliphatic rings. The molecule has 0 spiro atoms. The topological polar surface area (TPSA) is 90.0 Å². The van der Waals surface area contributed by atoms with Crippen molar-refractivity contribution in [2.45, 2.75) is 13.1 Å². The summed E-state index contributed by atoms with van der Waals surface area (Å²) in [6, 6.07) is 5.85. The van der Waals surface area contributed by atoms with Gasteiger partial charge in [-0.25, -0.2) is 4.68 Å². The van der Waals surface area contributed by atoms with Crippen LogP contribution in [-0.4, -0.2) is 28.8 Å². The minimum atomic E-state index is -4.60. The van der Waals surface area contributed by atoms with Gasteiger partial charge in [-0.2, -0.15) is 18.3 Å². The summed E-state index contributed by atoms with van der Waals surface area (Å²) >= 11 is 0. The Labute approximate surface area is 147 Å². The first-order chi connectivity index (χ1) is 11.3. The van der Waals surface area contributed by atoms with E-state index in [0.717, 1.165) is 16.8 Å². The van der Waals surface area contributed by atoms with E-state index in [2.05, 4.69) is 10.4 Å². The van der Waals surface area contributed by atoms with E-state index in [9.17, 15) is 22.8 Å². The van der Waals surface area contributed by atoms with Gasteiger partial charge in [0.05, 0.1) is 11.3 Å². The zero-order valence-electron chi connectivity index (χ0n) is 13.1. The number of amides is 1. The molecule has 1 aromatic heterocycles. The molecule has 0 atom stereocenters. The lowest BCUT2D eigenvalue weighted by Crippen LogP contribution is -2.34. The Morgan fingerprint density at radius 1 is 1.32 bits per heavy atom. The normalized spacial score (nSPS) is 10.9. The summed E-state index contributed by atoms with van der Waals surface area (Å²) in [5.74, 6) is -0.788. The SMILES string of the molecule is Cc1cc(=O)c(C(=O)NCCN)nn1-c1ccccc1C(F)(F)F.Cl. The van der Waals surface area contributed by atoms with Gasteiger partial charge in [-0.05, 0) is 19.1 Å². The Bertz CT molecular complexity index is 821. The molecule has 1 heterocycles. The maximum atomic E-state index is 13.2. The molecule has 0 fully saturated rings. The number of nitrogens with zero attached hydrogens (tertiary/aromatic N) is 2. The van der Waals surface area contributed by atoms with Gasteiger partial charge >= 0.3 is 6.18 Å². The van der Waals surface area contributed by atoms with Crippen LogP contribution in [0.2, 0.25) is 0 Å². The van der Waals surface area contributed by atoms with Crippen LogP contribution in [0.5, 0.6) is 0 Å². The molecular weight excluding hydrogens is 361 g/mol. The van der Waals surface area contributed by atoms with Crippen LogP contribution in [0, 0.1) is 6.92 Å². The summed E-state index contributed by atoms with van der Waals surface area (Å²) in [5, 5.41) is 6.19. The largest absolute Gasteiger partial charge is 0.418 e. The molecule has 136 valence electrons. The molecule has 3 N–H and O–H groups in total. The van der Waals surface area contributed by atoms with Crippen molar-refractivity contribution < 1.29 is 18.0 Å². The van der Waals surface area contributed by atoms with E-state index in [1.807, 2.05) is 0 Å². The van der Waals surface area contributed by atoms with Gasteiger partial charge in [0.25, 0.3) is 5.91 Å². The van der Waals surface area contributed by atoms with Crippen molar-refractivity contribution in [3.63, 3.8) is 0 Å². The first kappa shape index (κ1) is 20.7. The zero-order valence-corrected chi connectivity index (χ0v) is 13.9. The summed E-state index contributed by atoms with van der Waals surface area (Å²) in [7, 11) is 0. The quantitative estimate of drug-likeness (QED) is 0.849. The third kappa shape index (κ3) is 4.58. The second kappa shape index (κ2) is 8.13. The molecule has 2 rings (SSSR count). The van der Waals surface area contributed by atoms with Crippen LogP contribution >= 0.6 is 12.4 Å². The van der Waals surface area contributed by atoms with E-state index >= 15 is 0 Å². The molecule has 0 saturated heterocycles. The Morgan fingerprint density at radius 2 is 1.96 bits per heavy atom. The van der Waals surface area contributed by atoms with Crippen LogP contribution in [0.1, 0.15) is 21.7 Å². The monoisotopic (exact) mass is 376 g/mol. The highest BCUT2D eigenvalue weighted by molar-refractivity contribution is 5.92. The Balaban J connectivity index is 0.00000312. The minimum absolute atomic E-state index is 0. The smallest absolute Gasteiger partial charge is 0.349 e. The standard InChI is InChI=1S/C15H15F3N4O2.ClH/c1-9-8-12(23)13(14(24)20-7-6-19)21-22(9)11-5-3-2-4-10(11)15(16,17)18;/h2-5,8H,6-7,19H2,1H3,(H,20,24);1H. The first-order valence-corrected chi connectivity index (χ1v) is 7.01. The highest BCUT2D eigenvalue weighted by Crippen LogP contribution is 2.33. The fraction of sp³-hybridized carbons (Fsp3) is 0.267. The zero-order chi connectivity index (χ0) is 17.9. The number of carbonyl (C=O) groups is 1.